The molecule has 0 fully saturated rings. The Morgan fingerprint density at radius 2 is 1.00 bits per heavy atom. The normalized spacial score (nSPS) is 1.11. The van der Waals surface area contributed by atoms with Gasteiger partial charge in [-0.25, -0.2) is 0 Å². The van der Waals surface area contributed by atoms with E-state index in [1.807, 2.05) is 0 Å². The zero-order valence-electron chi connectivity index (χ0n) is 2.72. The number of rotatable bonds is 0. The van der Waals surface area contributed by atoms with Gasteiger partial charge in [-0.1, -0.05) is 22.3 Å². The molecule has 4 heteroatoms. The van der Waals surface area contributed by atoms with Crippen LogP contribution in [0.1, 0.15) is 22.3 Å². The molecule has 0 aliphatic carbocycles. The van der Waals surface area contributed by atoms with Crippen LogP contribution in [-0.2, 0) is 14.2 Å². The molecule has 0 radical (unpaired) electrons. The minimum atomic E-state index is 0. The maximum absolute atomic E-state index is 8.12. The first-order valence-electron chi connectivity index (χ1n) is 0.612. The summed E-state index contributed by atoms with van der Waals surface area (Å²) >= 11 is 0. The fourth-order valence-electron chi connectivity index (χ4n) is 0. The molecule has 0 rings (SSSR count). The molecule has 0 unspecified atom stereocenters. The van der Waals surface area contributed by atoms with Gasteiger partial charge in [-0.05, 0) is 0 Å². The monoisotopic (exact) mass is 138 g/mol. The zero-order valence-corrected chi connectivity index (χ0v) is 2.72. The van der Waals surface area contributed by atoms with Crippen LogP contribution < -0.4 is 0 Å². The Kier molecular flexibility index (Phi) is 425000. The molecule has 0 saturated carbocycles. The summed E-state index contributed by atoms with van der Waals surface area (Å²) in [6, 6.07) is 0. The van der Waals surface area contributed by atoms with Gasteiger partial charge in [0, 0.05) is 0 Å². The SMILES string of the molecule is C.C.C.O.O=C=O.[C-]#[O+]. The van der Waals surface area contributed by atoms with E-state index >= 15 is 0 Å². The first kappa shape index (κ1) is 93.6. The van der Waals surface area contributed by atoms with Gasteiger partial charge in [0.2, 0.25) is 0 Å². The van der Waals surface area contributed by atoms with Crippen molar-refractivity contribution in [3.8, 4) is 0 Å². The summed E-state index contributed by atoms with van der Waals surface area (Å²) in [4.78, 5) is 16.2. The van der Waals surface area contributed by atoms with Gasteiger partial charge in [0.05, 0.1) is 0 Å². The third kappa shape index (κ3) is 216. The van der Waals surface area contributed by atoms with E-state index in [-0.39, 0.29) is 33.9 Å². The molecule has 4 nitrogen and oxygen atoms in total. The van der Waals surface area contributed by atoms with Crippen molar-refractivity contribution in [1.82, 2.24) is 0 Å². The van der Waals surface area contributed by atoms with E-state index in [0.717, 1.165) is 0 Å². The predicted octanol–water partition coefficient (Wildman–Crippen LogP) is 0.463. The van der Waals surface area contributed by atoms with E-state index in [1.165, 1.54) is 0 Å². The molecule has 0 aromatic carbocycles. The Morgan fingerprint density at radius 1 is 1.00 bits per heavy atom. The molecular weight excluding hydrogens is 124 g/mol. The molecule has 0 heterocycles. The van der Waals surface area contributed by atoms with E-state index in [1.54, 1.807) is 0 Å². The molecule has 9 heavy (non-hydrogen) atoms. The molecule has 0 amide bonds. The second-order valence-corrected chi connectivity index (χ2v) is 0.0833. The van der Waals surface area contributed by atoms with Crippen LogP contribution in [0.4, 0.5) is 0 Å². The molecule has 0 saturated heterocycles. The van der Waals surface area contributed by atoms with Crippen LogP contribution in [0, 0.1) is 6.65 Å². The van der Waals surface area contributed by atoms with Gasteiger partial charge in [0.25, 0.3) is 0 Å². The first-order valence-corrected chi connectivity index (χ1v) is 0.612. The summed E-state index contributed by atoms with van der Waals surface area (Å²) in [5.74, 6) is 0. The van der Waals surface area contributed by atoms with Crippen LogP contribution in [-0.4, -0.2) is 11.6 Å². The van der Waals surface area contributed by atoms with Crippen LogP contribution in [0.2, 0.25) is 0 Å². The van der Waals surface area contributed by atoms with Crippen LogP contribution in [0.25, 0.3) is 0 Å². The second kappa shape index (κ2) is 40900. The van der Waals surface area contributed by atoms with Crippen molar-refractivity contribution in [3.05, 3.63) is 6.65 Å². The van der Waals surface area contributed by atoms with Gasteiger partial charge in [0.1, 0.15) is 0 Å². The first-order chi connectivity index (χ1) is 2.41. The third-order valence-electron chi connectivity index (χ3n) is 0. The van der Waals surface area contributed by atoms with Gasteiger partial charge in [-0.2, -0.15) is 9.59 Å². The Morgan fingerprint density at radius 3 is 1.00 bits per heavy atom. The van der Waals surface area contributed by atoms with Crippen molar-refractivity contribution < 1.29 is 19.7 Å². The molecule has 0 aromatic heterocycles. The fourth-order valence-corrected chi connectivity index (χ4v) is 0. The van der Waals surface area contributed by atoms with E-state index in [0.29, 0.717) is 0 Å². The quantitative estimate of drug-likeness (QED) is 0.359. The van der Waals surface area contributed by atoms with Crippen LogP contribution in [0.15, 0.2) is 0 Å². The molecule has 0 aliphatic rings. The van der Waals surface area contributed by atoms with Crippen molar-refractivity contribution in [2.75, 3.05) is 0 Å². The number of carbonyl (C=O) groups excluding carboxylic acids is 2. The number of hydrogen-bond acceptors (Lipinski definition) is 2. The zero-order chi connectivity index (χ0) is 4.71. The van der Waals surface area contributed by atoms with Crippen molar-refractivity contribution >= 4 is 6.15 Å². The van der Waals surface area contributed by atoms with E-state index in [9.17, 15) is 0 Å². The fraction of sp³-hybridized carbons (Fsp3) is 0.600. The van der Waals surface area contributed by atoms with Crippen LogP contribution in [0.3, 0.4) is 0 Å². The Hall–Kier alpha value is -0.920. The average molecular weight is 138 g/mol. The molecule has 0 aromatic rings. The van der Waals surface area contributed by atoms with E-state index < -0.39 is 0 Å². The molecule has 0 atom stereocenters. The summed E-state index contributed by atoms with van der Waals surface area (Å²) in [5.41, 5.74) is 0. The molecule has 2 N–H and O–H groups in total. The Bertz CT molecular complexity index is 51.2. The van der Waals surface area contributed by atoms with Crippen molar-refractivity contribution in [2.24, 2.45) is 0 Å². The molecular formula is C5H14O4. The molecule has 0 bridgehead atoms. The van der Waals surface area contributed by atoms with Gasteiger partial charge in [-0.3, -0.25) is 0 Å². The second-order valence-electron chi connectivity index (χ2n) is 0.0833. The third-order valence-corrected chi connectivity index (χ3v) is 0. The van der Waals surface area contributed by atoms with Crippen molar-refractivity contribution in [1.29, 1.82) is 0 Å². The van der Waals surface area contributed by atoms with Crippen molar-refractivity contribution in [3.63, 3.8) is 0 Å². The topological polar surface area (TPSA) is 85.5 Å². The van der Waals surface area contributed by atoms with E-state index in [2.05, 4.69) is 6.65 Å². The Balaban J connectivity index is -0.00000000357. The van der Waals surface area contributed by atoms with Crippen LogP contribution >= 0.6 is 0 Å². The standard InChI is InChI=1S/CO2.CO.3CH4.H2O/c2-1-3;1-2;;;;/h;;3*1H4;1H2. The summed E-state index contributed by atoms with van der Waals surface area (Å²) in [5, 5.41) is 0. The Labute approximate surface area is 55.9 Å². The molecule has 0 spiro atoms. The molecule has 0 aliphatic heterocycles. The molecule has 58 valence electrons. The number of hydrogen-bond donors (Lipinski definition) is 0. The van der Waals surface area contributed by atoms with Gasteiger partial charge < -0.3 is 5.48 Å². The van der Waals surface area contributed by atoms with Gasteiger partial charge in [-0.15, -0.1) is 0 Å². The van der Waals surface area contributed by atoms with Crippen LogP contribution in [0.5, 0.6) is 0 Å². The summed E-state index contributed by atoms with van der Waals surface area (Å²) in [6.07, 6.45) is 0.250. The summed E-state index contributed by atoms with van der Waals surface area (Å²) in [6.45, 7) is 4.50. The predicted molar refractivity (Wildman–Crippen MR) is 32.7 cm³/mol. The average Bonchev–Trinajstić information content (AvgIpc) is 1.46. The van der Waals surface area contributed by atoms with E-state index in [4.69, 9.17) is 14.2 Å². The minimum absolute atomic E-state index is 0. The van der Waals surface area contributed by atoms with Gasteiger partial charge in [0.15, 0.2) is 0 Å². The van der Waals surface area contributed by atoms with Gasteiger partial charge >= 0.3 is 17.5 Å². The summed E-state index contributed by atoms with van der Waals surface area (Å²) in [7, 11) is 0. The van der Waals surface area contributed by atoms with Crippen molar-refractivity contribution in [2.45, 2.75) is 22.3 Å². The maximum atomic E-state index is 8.12. The summed E-state index contributed by atoms with van der Waals surface area (Å²) < 4.78 is 7.50.